The summed E-state index contributed by atoms with van der Waals surface area (Å²) in [5, 5.41) is 8.82. The molecule has 0 spiro atoms. The number of H-pyrrole nitrogens is 1. The molecule has 0 aliphatic heterocycles. The number of hydrogen-bond acceptors (Lipinski definition) is 4. The van der Waals surface area contributed by atoms with Gasteiger partial charge in [0.05, 0.1) is 6.33 Å². The van der Waals surface area contributed by atoms with E-state index in [-0.39, 0.29) is 5.52 Å². The smallest absolute Gasteiger partial charge is 0.314 e. The molecule has 0 aliphatic carbocycles. The molecule has 0 radical (unpaired) electrons. The summed E-state index contributed by atoms with van der Waals surface area (Å²) in [7, 11) is 0. The lowest BCUT2D eigenvalue weighted by Crippen LogP contribution is -2.17. The number of hydrogen-bond donors (Lipinski definition) is 2. The maximum absolute atomic E-state index is 11.0. The van der Waals surface area contributed by atoms with Gasteiger partial charge in [-0.05, 0) is 0 Å². The van der Waals surface area contributed by atoms with E-state index in [0.717, 1.165) is 6.33 Å². The van der Waals surface area contributed by atoms with Gasteiger partial charge in [0, 0.05) is 0 Å². The fourth-order valence-corrected chi connectivity index (χ4v) is 0.816. The van der Waals surface area contributed by atoms with Crippen molar-refractivity contribution in [1.29, 1.82) is 0 Å². The SMILES string of the molecule is O=c1c2nc[nH]c2ncn1O. The van der Waals surface area contributed by atoms with Crippen molar-refractivity contribution in [3.63, 3.8) is 0 Å². The number of fused-ring (bicyclic) bond motifs is 1. The van der Waals surface area contributed by atoms with E-state index in [9.17, 15) is 4.79 Å². The van der Waals surface area contributed by atoms with Crippen LogP contribution < -0.4 is 5.56 Å². The predicted molar refractivity (Wildman–Crippen MR) is 35.3 cm³/mol. The van der Waals surface area contributed by atoms with Gasteiger partial charge in [-0.2, -0.15) is 0 Å². The number of aromatic amines is 1. The first-order valence-corrected chi connectivity index (χ1v) is 2.89. The van der Waals surface area contributed by atoms with Gasteiger partial charge in [0.1, 0.15) is 6.33 Å². The molecule has 0 atom stereocenters. The molecule has 56 valence electrons. The van der Waals surface area contributed by atoms with Crippen LogP contribution >= 0.6 is 0 Å². The minimum Gasteiger partial charge on any atom is -0.424 e. The lowest BCUT2D eigenvalue weighted by molar-refractivity contribution is 0.173. The summed E-state index contributed by atoms with van der Waals surface area (Å²) in [5.41, 5.74) is -0.0634. The molecular formula is C5H4N4O2. The van der Waals surface area contributed by atoms with E-state index in [4.69, 9.17) is 5.21 Å². The molecule has 0 fully saturated rings. The molecule has 0 saturated heterocycles. The maximum Gasteiger partial charge on any atom is 0.314 e. The van der Waals surface area contributed by atoms with Crippen LogP contribution in [-0.2, 0) is 0 Å². The molecule has 11 heavy (non-hydrogen) atoms. The zero-order valence-electron chi connectivity index (χ0n) is 5.35. The molecule has 0 aliphatic rings. The van der Waals surface area contributed by atoms with Crippen molar-refractivity contribution in [2.24, 2.45) is 0 Å². The van der Waals surface area contributed by atoms with Crippen molar-refractivity contribution < 1.29 is 5.21 Å². The van der Waals surface area contributed by atoms with Crippen molar-refractivity contribution in [3.05, 3.63) is 23.0 Å². The molecule has 0 saturated carbocycles. The van der Waals surface area contributed by atoms with Gasteiger partial charge in [0.25, 0.3) is 0 Å². The van der Waals surface area contributed by atoms with Crippen molar-refractivity contribution in [2.45, 2.75) is 0 Å². The Kier molecular flexibility index (Phi) is 0.974. The van der Waals surface area contributed by atoms with Gasteiger partial charge in [0.15, 0.2) is 11.2 Å². The van der Waals surface area contributed by atoms with Gasteiger partial charge in [-0.3, -0.25) is 4.79 Å². The Morgan fingerprint density at radius 2 is 2.36 bits per heavy atom. The average molecular weight is 152 g/mol. The van der Waals surface area contributed by atoms with Gasteiger partial charge < -0.3 is 10.2 Å². The van der Waals surface area contributed by atoms with Crippen LogP contribution in [0.3, 0.4) is 0 Å². The second-order valence-corrected chi connectivity index (χ2v) is 1.99. The van der Waals surface area contributed by atoms with Crippen molar-refractivity contribution in [3.8, 4) is 0 Å². The Balaban J connectivity index is 3.05. The van der Waals surface area contributed by atoms with Crippen molar-refractivity contribution in [2.75, 3.05) is 0 Å². The van der Waals surface area contributed by atoms with E-state index in [1.165, 1.54) is 6.33 Å². The minimum absolute atomic E-state index is 0.134. The lowest BCUT2D eigenvalue weighted by atomic mass is 10.5. The number of nitrogens with zero attached hydrogens (tertiary/aromatic N) is 3. The van der Waals surface area contributed by atoms with Crippen molar-refractivity contribution >= 4 is 11.2 Å². The molecule has 6 heteroatoms. The highest BCUT2D eigenvalue weighted by Crippen LogP contribution is 1.95. The molecule has 2 aromatic rings. The Hall–Kier alpha value is -1.85. The number of aromatic nitrogens is 4. The van der Waals surface area contributed by atoms with Gasteiger partial charge in [0.2, 0.25) is 0 Å². The van der Waals surface area contributed by atoms with E-state index >= 15 is 0 Å². The molecule has 0 aromatic carbocycles. The minimum atomic E-state index is -0.573. The zero-order chi connectivity index (χ0) is 7.84. The lowest BCUT2D eigenvalue weighted by Gasteiger charge is -1.90. The van der Waals surface area contributed by atoms with Crippen LogP contribution in [0.1, 0.15) is 0 Å². The predicted octanol–water partition coefficient (Wildman–Crippen LogP) is -0.643. The number of imidazole rings is 1. The highest BCUT2D eigenvalue weighted by molar-refractivity contribution is 5.67. The Morgan fingerprint density at radius 1 is 1.55 bits per heavy atom. The summed E-state index contributed by atoms with van der Waals surface area (Å²) in [4.78, 5) is 21.0. The van der Waals surface area contributed by atoms with Crippen molar-refractivity contribution in [1.82, 2.24) is 19.7 Å². The van der Waals surface area contributed by atoms with Gasteiger partial charge in [-0.25, -0.2) is 9.97 Å². The summed E-state index contributed by atoms with van der Waals surface area (Å²) in [6, 6.07) is 0. The fraction of sp³-hybridized carbons (Fsp3) is 0. The van der Waals surface area contributed by atoms with Crippen LogP contribution in [-0.4, -0.2) is 24.9 Å². The molecule has 2 aromatic heterocycles. The van der Waals surface area contributed by atoms with Crippen LogP contribution in [0.5, 0.6) is 0 Å². The normalized spacial score (nSPS) is 10.5. The van der Waals surface area contributed by atoms with Gasteiger partial charge in [-0.1, -0.05) is 0 Å². The third-order valence-electron chi connectivity index (χ3n) is 1.33. The highest BCUT2D eigenvalue weighted by atomic mass is 16.5. The summed E-state index contributed by atoms with van der Waals surface area (Å²) in [6.07, 6.45) is 2.36. The Labute approximate surface area is 60.1 Å². The number of rotatable bonds is 0. The zero-order valence-corrected chi connectivity index (χ0v) is 5.35. The molecule has 2 rings (SSSR count). The quantitative estimate of drug-likeness (QED) is 0.491. The van der Waals surface area contributed by atoms with E-state index in [2.05, 4.69) is 15.0 Å². The first kappa shape index (κ1) is 5.90. The molecule has 2 heterocycles. The van der Waals surface area contributed by atoms with E-state index in [0.29, 0.717) is 10.4 Å². The largest absolute Gasteiger partial charge is 0.424 e. The van der Waals surface area contributed by atoms with Crippen LogP contribution in [0.2, 0.25) is 0 Å². The Bertz CT molecular complexity index is 443. The molecule has 0 unspecified atom stereocenters. The average Bonchev–Trinajstić information content (AvgIpc) is 2.45. The molecule has 0 amide bonds. The monoisotopic (exact) mass is 152 g/mol. The maximum atomic E-state index is 11.0. The van der Waals surface area contributed by atoms with Crippen LogP contribution in [0.4, 0.5) is 0 Å². The fourth-order valence-electron chi connectivity index (χ4n) is 0.816. The van der Waals surface area contributed by atoms with Crippen LogP contribution in [0, 0.1) is 0 Å². The first-order chi connectivity index (χ1) is 5.29. The first-order valence-electron chi connectivity index (χ1n) is 2.89. The number of nitrogens with one attached hydrogen (secondary N) is 1. The second kappa shape index (κ2) is 1.82. The summed E-state index contributed by atoms with van der Waals surface area (Å²) in [6.45, 7) is 0. The molecular weight excluding hydrogens is 148 g/mol. The highest BCUT2D eigenvalue weighted by Gasteiger charge is 2.03. The molecule has 0 bridgehead atoms. The third-order valence-corrected chi connectivity index (χ3v) is 1.33. The van der Waals surface area contributed by atoms with Crippen LogP contribution in [0.15, 0.2) is 17.4 Å². The molecule has 6 nitrogen and oxygen atoms in total. The summed E-state index contributed by atoms with van der Waals surface area (Å²) < 4.78 is 0.392. The van der Waals surface area contributed by atoms with E-state index in [1.54, 1.807) is 0 Å². The standard InChI is InChI=1S/C5H4N4O2/c10-5-3-4(7-1-6-3)8-2-9(5)11/h1-2,11H,(H,6,7). The third kappa shape index (κ3) is 0.689. The van der Waals surface area contributed by atoms with Crippen LogP contribution in [0.25, 0.3) is 11.2 Å². The summed E-state index contributed by atoms with van der Waals surface area (Å²) in [5.74, 6) is 0. The second-order valence-electron chi connectivity index (χ2n) is 1.99. The Morgan fingerprint density at radius 3 is 3.18 bits per heavy atom. The topological polar surface area (TPSA) is 83.8 Å². The summed E-state index contributed by atoms with van der Waals surface area (Å²) >= 11 is 0. The molecule has 2 N–H and O–H groups in total. The van der Waals surface area contributed by atoms with Gasteiger partial charge >= 0.3 is 5.56 Å². The van der Waals surface area contributed by atoms with E-state index < -0.39 is 5.56 Å². The van der Waals surface area contributed by atoms with Gasteiger partial charge in [-0.15, -0.1) is 4.73 Å². The van der Waals surface area contributed by atoms with E-state index in [1.807, 2.05) is 0 Å².